The van der Waals surface area contributed by atoms with Gasteiger partial charge in [-0.05, 0) is 54.3 Å². The summed E-state index contributed by atoms with van der Waals surface area (Å²) in [6.45, 7) is 5.07. The molecule has 4 rings (SSSR count). The first kappa shape index (κ1) is 31.8. The maximum absolute atomic E-state index is 13.4. The van der Waals surface area contributed by atoms with E-state index >= 15 is 0 Å². The Hall–Kier alpha value is -4.14. The van der Waals surface area contributed by atoms with Gasteiger partial charge >= 0.3 is 0 Å². The molecular weight excluding hydrogens is 582 g/mol. The molecular formula is C34H36ClN3O4S. The summed E-state index contributed by atoms with van der Waals surface area (Å²) in [5.74, 6) is 0.728. The van der Waals surface area contributed by atoms with Gasteiger partial charge < -0.3 is 9.30 Å². The van der Waals surface area contributed by atoms with Crippen molar-refractivity contribution in [2.75, 3.05) is 6.61 Å². The molecule has 0 saturated carbocycles. The van der Waals surface area contributed by atoms with E-state index in [2.05, 4.69) is 16.6 Å². The van der Waals surface area contributed by atoms with Crippen molar-refractivity contribution in [3.05, 3.63) is 129 Å². The second-order valence-corrected chi connectivity index (χ2v) is 12.1. The van der Waals surface area contributed by atoms with E-state index in [1.54, 1.807) is 36.5 Å². The minimum absolute atomic E-state index is 0.222. The van der Waals surface area contributed by atoms with Crippen LogP contribution in [0.15, 0.2) is 96.0 Å². The number of aryl methyl sites for hydroxylation is 1. The lowest BCUT2D eigenvalue weighted by atomic mass is 10.0. The fourth-order valence-corrected chi connectivity index (χ4v) is 5.44. The van der Waals surface area contributed by atoms with Crippen LogP contribution in [0.1, 0.15) is 54.4 Å². The Labute approximate surface area is 258 Å². The molecule has 1 aromatic heterocycles. The Bertz CT molecular complexity index is 1680. The Morgan fingerprint density at radius 2 is 1.74 bits per heavy atom. The molecule has 0 atom stereocenters. The van der Waals surface area contributed by atoms with Crippen molar-refractivity contribution in [1.29, 1.82) is 0 Å². The number of amides is 1. The topological polar surface area (TPSA) is 90.3 Å². The number of hydrogen-bond acceptors (Lipinski definition) is 5. The van der Waals surface area contributed by atoms with Crippen molar-refractivity contribution in [1.82, 2.24) is 14.3 Å². The zero-order valence-corrected chi connectivity index (χ0v) is 25.9. The summed E-state index contributed by atoms with van der Waals surface area (Å²) in [5, 5.41) is 1.56. The molecule has 0 saturated heterocycles. The molecule has 7 nitrogen and oxygen atoms in total. The first-order valence-corrected chi connectivity index (χ1v) is 16.1. The Kier molecular flexibility index (Phi) is 11.4. The van der Waals surface area contributed by atoms with Crippen LogP contribution < -0.4 is 9.46 Å². The van der Waals surface area contributed by atoms with Crippen molar-refractivity contribution >= 4 is 39.7 Å². The fraction of sp³-hybridized carbons (Fsp3) is 0.235. The van der Waals surface area contributed by atoms with Crippen molar-refractivity contribution < 1.29 is 17.9 Å². The minimum atomic E-state index is -4.05. The molecule has 0 radical (unpaired) electrons. The molecule has 0 unspecified atom stereocenters. The van der Waals surface area contributed by atoms with Crippen LogP contribution in [0.2, 0.25) is 5.02 Å². The summed E-state index contributed by atoms with van der Waals surface area (Å²) >= 11 is 6.63. The number of hydrogen-bond donors (Lipinski definition) is 1. The maximum Gasteiger partial charge on any atom is 0.261 e. The SMILES string of the molecule is CCCCCOc1ccc(Cn2c(/C=C(\Cc3ccccc3)C(=O)NS(=O)(=O)/C=C/c3ccccc3)cnc2C)c(Cl)c1. The number of sulfonamides is 1. The third-order valence-electron chi connectivity index (χ3n) is 6.78. The number of nitrogens with one attached hydrogen (secondary N) is 1. The lowest BCUT2D eigenvalue weighted by Crippen LogP contribution is -2.30. The summed E-state index contributed by atoms with van der Waals surface area (Å²) < 4.78 is 35.6. The third-order valence-corrected chi connectivity index (χ3v) is 8.10. The molecule has 9 heteroatoms. The molecule has 1 heterocycles. The van der Waals surface area contributed by atoms with Gasteiger partial charge in [0.15, 0.2) is 0 Å². The minimum Gasteiger partial charge on any atom is -0.494 e. The number of unbranched alkanes of at least 4 members (excludes halogenated alkanes) is 2. The van der Waals surface area contributed by atoms with E-state index in [4.69, 9.17) is 16.3 Å². The lowest BCUT2D eigenvalue weighted by Gasteiger charge is -2.13. The van der Waals surface area contributed by atoms with Gasteiger partial charge in [0.2, 0.25) is 0 Å². The lowest BCUT2D eigenvalue weighted by molar-refractivity contribution is -0.115. The molecule has 4 aromatic rings. The van der Waals surface area contributed by atoms with Gasteiger partial charge in [0, 0.05) is 17.0 Å². The highest BCUT2D eigenvalue weighted by atomic mass is 35.5. The molecule has 224 valence electrons. The van der Waals surface area contributed by atoms with Gasteiger partial charge in [0.1, 0.15) is 11.6 Å². The number of aromatic nitrogens is 2. The molecule has 0 aliphatic carbocycles. The second kappa shape index (κ2) is 15.4. The van der Waals surface area contributed by atoms with Crippen LogP contribution in [0.25, 0.3) is 12.2 Å². The van der Waals surface area contributed by atoms with Crippen molar-refractivity contribution in [2.45, 2.75) is 46.1 Å². The zero-order valence-electron chi connectivity index (χ0n) is 24.4. The zero-order chi connectivity index (χ0) is 30.7. The van der Waals surface area contributed by atoms with Crippen LogP contribution in [0.5, 0.6) is 5.75 Å². The molecule has 0 aliphatic rings. The van der Waals surface area contributed by atoms with E-state index in [0.29, 0.717) is 29.4 Å². The number of halogens is 1. The van der Waals surface area contributed by atoms with Gasteiger partial charge in [-0.25, -0.2) is 18.1 Å². The van der Waals surface area contributed by atoms with Gasteiger partial charge in [-0.2, -0.15) is 0 Å². The number of carbonyl (C=O) groups is 1. The van der Waals surface area contributed by atoms with E-state index in [1.165, 1.54) is 6.08 Å². The summed E-state index contributed by atoms with van der Waals surface area (Å²) in [6.07, 6.45) is 8.24. The smallest absolute Gasteiger partial charge is 0.261 e. The summed E-state index contributed by atoms with van der Waals surface area (Å²) in [5.41, 5.74) is 3.34. The first-order chi connectivity index (χ1) is 20.7. The molecule has 0 aliphatic heterocycles. The monoisotopic (exact) mass is 617 g/mol. The number of ether oxygens (including phenoxy) is 1. The fourth-order valence-electron chi connectivity index (χ4n) is 4.42. The summed E-state index contributed by atoms with van der Waals surface area (Å²) in [6, 6.07) is 24.0. The van der Waals surface area contributed by atoms with Crippen LogP contribution in [0, 0.1) is 6.92 Å². The average molecular weight is 618 g/mol. The van der Waals surface area contributed by atoms with E-state index < -0.39 is 15.9 Å². The van der Waals surface area contributed by atoms with Gasteiger partial charge in [-0.15, -0.1) is 0 Å². The summed E-state index contributed by atoms with van der Waals surface area (Å²) in [7, 11) is -4.05. The van der Waals surface area contributed by atoms with Crippen molar-refractivity contribution in [3.63, 3.8) is 0 Å². The van der Waals surface area contributed by atoms with Gasteiger partial charge in [0.25, 0.3) is 15.9 Å². The number of benzene rings is 3. The average Bonchev–Trinajstić information content (AvgIpc) is 3.34. The molecule has 0 fully saturated rings. The molecule has 1 N–H and O–H groups in total. The quantitative estimate of drug-likeness (QED) is 0.119. The number of rotatable bonds is 14. The normalized spacial score (nSPS) is 12.0. The number of nitrogens with zero attached hydrogens (tertiary/aromatic N) is 2. The van der Waals surface area contributed by atoms with E-state index in [0.717, 1.165) is 47.4 Å². The predicted molar refractivity (Wildman–Crippen MR) is 173 cm³/mol. The molecule has 1 amide bonds. The third kappa shape index (κ3) is 9.70. The van der Waals surface area contributed by atoms with Crippen LogP contribution in [-0.4, -0.2) is 30.5 Å². The van der Waals surface area contributed by atoms with E-state index in [9.17, 15) is 13.2 Å². The molecule has 0 bridgehead atoms. The highest BCUT2D eigenvalue weighted by Crippen LogP contribution is 2.25. The highest BCUT2D eigenvalue weighted by Gasteiger charge is 2.18. The largest absolute Gasteiger partial charge is 0.494 e. The number of imidazole rings is 1. The van der Waals surface area contributed by atoms with Crippen LogP contribution in [-0.2, 0) is 27.8 Å². The summed E-state index contributed by atoms with van der Waals surface area (Å²) in [4.78, 5) is 17.9. The van der Waals surface area contributed by atoms with E-state index in [-0.39, 0.29) is 12.0 Å². The van der Waals surface area contributed by atoms with E-state index in [1.807, 2.05) is 66.1 Å². The number of carbonyl (C=O) groups excluding carboxylic acids is 1. The highest BCUT2D eigenvalue weighted by molar-refractivity contribution is 7.93. The molecule has 0 spiro atoms. The van der Waals surface area contributed by atoms with Gasteiger partial charge in [-0.1, -0.05) is 98.1 Å². The standard InChI is InChI=1S/C34H36ClN3O4S/c1-3-4-11-19-42-32-17-16-29(33(35)23-32)25-38-26(2)36-24-31(38)22-30(21-28-14-9-6-10-15-28)34(39)37-43(40,41)20-18-27-12-7-5-8-13-27/h5-10,12-18,20,22-24H,3-4,11,19,21,25H2,1-2H3,(H,37,39)/b20-18+,30-22+. The van der Waals surface area contributed by atoms with Crippen LogP contribution in [0.4, 0.5) is 0 Å². The Morgan fingerprint density at radius 1 is 1.02 bits per heavy atom. The van der Waals surface area contributed by atoms with Gasteiger partial charge in [-0.3, -0.25) is 4.79 Å². The van der Waals surface area contributed by atoms with Crippen molar-refractivity contribution in [3.8, 4) is 5.75 Å². The first-order valence-electron chi connectivity index (χ1n) is 14.2. The Balaban J connectivity index is 1.58. The Morgan fingerprint density at radius 3 is 2.44 bits per heavy atom. The van der Waals surface area contributed by atoms with Crippen LogP contribution >= 0.6 is 11.6 Å². The van der Waals surface area contributed by atoms with Crippen LogP contribution in [0.3, 0.4) is 0 Å². The predicted octanol–water partition coefficient (Wildman–Crippen LogP) is 7.21. The second-order valence-electron chi connectivity index (χ2n) is 10.1. The van der Waals surface area contributed by atoms with Crippen molar-refractivity contribution in [2.24, 2.45) is 0 Å². The molecule has 43 heavy (non-hydrogen) atoms. The molecule has 3 aromatic carbocycles. The van der Waals surface area contributed by atoms with Gasteiger partial charge in [0.05, 0.1) is 30.5 Å². The maximum atomic E-state index is 13.4.